The second kappa shape index (κ2) is 10.1. The van der Waals surface area contributed by atoms with Crippen LogP contribution in [0.25, 0.3) is 5.57 Å². The number of alkyl halides is 1. The highest BCUT2D eigenvalue weighted by Gasteiger charge is 2.34. The van der Waals surface area contributed by atoms with Crippen LogP contribution >= 0.6 is 0 Å². The lowest BCUT2D eigenvalue weighted by molar-refractivity contribution is 0.0186. The minimum absolute atomic E-state index is 0.0885. The van der Waals surface area contributed by atoms with E-state index in [4.69, 9.17) is 9.15 Å². The Hall–Kier alpha value is -3.73. The summed E-state index contributed by atoms with van der Waals surface area (Å²) >= 11 is 0. The standard InChI is InChI=1S/C24H25FN4O3/c1-5-27-16(3)10-15(2)18-6-7-21(19(11-18)12-26)32-22-8-9-29(14-20(22)25)24(30)23-13-28-17(4)31-23/h5-7,10-11,13,20,22H,2,8-9,14H2,1,3-4H3/b16-10-,27-5-. The van der Waals surface area contributed by atoms with Crippen molar-refractivity contribution in [3.05, 3.63) is 65.5 Å². The molecule has 1 aromatic carbocycles. The van der Waals surface area contributed by atoms with Crippen molar-refractivity contribution in [3.63, 3.8) is 0 Å². The number of hydrogen-bond acceptors (Lipinski definition) is 6. The van der Waals surface area contributed by atoms with Gasteiger partial charge < -0.3 is 14.1 Å². The molecule has 0 radical (unpaired) electrons. The summed E-state index contributed by atoms with van der Waals surface area (Å²) in [4.78, 5) is 21.9. The van der Waals surface area contributed by atoms with E-state index >= 15 is 0 Å². The molecule has 2 aromatic rings. The number of ether oxygens (including phenoxy) is 1. The van der Waals surface area contributed by atoms with Crippen molar-refractivity contribution >= 4 is 17.7 Å². The molecule has 3 rings (SSSR count). The fourth-order valence-electron chi connectivity index (χ4n) is 3.48. The lowest BCUT2D eigenvalue weighted by atomic mass is 10.0. The maximum absolute atomic E-state index is 14.8. The van der Waals surface area contributed by atoms with Gasteiger partial charge in [0, 0.05) is 31.8 Å². The molecule has 7 nitrogen and oxygen atoms in total. The molecule has 32 heavy (non-hydrogen) atoms. The highest BCUT2D eigenvalue weighted by Crippen LogP contribution is 2.28. The largest absolute Gasteiger partial charge is 0.486 e. The van der Waals surface area contributed by atoms with Crippen LogP contribution in [0.15, 0.2) is 52.2 Å². The van der Waals surface area contributed by atoms with Crippen molar-refractivity contribution in [1.82, 2.24) is 9.88 Å². The van der Waals surface area contributed by atoms with Crippen LogP contribution in [0.2, 0.25) is 0 Å². The van der Waals surface area contributed by atoms with Crippen molar-refractivity contribution in [3.8, 4) is 11.8 Å². The van der Waals surface area contributed by atoms with Gasteiger partial charge >= 0.3 is 0 Å². The monoisotopic (exact) mass is 436 g/mol. The first kappa shape index (κ1) is 22.9. The number of aryl methyl sites for hydroxylation is 1. The number of nitriles is 1. The van der Waals surface area contributed by atoms with Crippen LogP contribution in [-0.4, -0.2) is 47.4 Å². The normalized spacial score (nSPS) is 19.1. The minimum Gasteiger partial charge on any atom is -0.486 e. The lowest BCUT2D eigenvalue weighted by Gasteiger charge is -2.34. The summed E-state index contributed by atoms with van der Waals surface area (Å²) in [5, 5.41) is 9.57. The molecule has 0 N–H and O–H groups in total. The Kier molecular flexibility index (Phi) is 7.21. The Morgan fingerprint density at radius 1 is 1.50 bits per heavy atom. The maximum Gasteiger partial charge on any atom is 0.291 e. The Bertz CT molecular complexity index is 1110. The van der Waals surface area contributed by atoms with Crippen LogP contribution in [-0.2, 0) is 0 Å². The number of nitrogens with zero attached hydrogens (tertiary/aromatic N) is 4. The Balaban J connectivity index is 1.68. The van der Waals surface area contributed by atoms with Crippen molar-refractivity contribution in [1.29, 1.82) is 5.26 Å². The molecule has 1 aliphatic rings. The predicted octanol–water partition coefficient (Wildman–Crippen LogP) is 4.49. The Morgan fingerprint density at radius 2 is 2.28 bits per heavy atom. The van der Waals surface area contributed by atoms with Crippen LogP contribution in [0.4, 0.5) is 4.39 Å². The summed E-state index contributed by atoms with van der Waals surface area (Å²) in [6, 6.07) is 7.18. The maximum atomic E-state index is 14.8. The smallest absolute Gasteiger partial charge is 0.291 e. The molecule has 1 fully saturated rings. The van der Waals surface area contributed by atoms with E-state index in [1.807, 2.05) is 19.9 Å². The first-order valence-electron chi connectivity index (χ1n) is 10.2. The molecule has 0 aliphatic carbocycles. The highest BCUT2D eigenvalue weighted by molar-refractivity contribution is 5.91. The third-order valence-corrected chi connectivity index (χ3v) is 5.07. The summed E-state index contributed by atoms with van der Waals surface area (Å²) in [6.45, 7) is 9.53. The summed E-state index contributed by atoms with van der Waals surface area (Å²) in [6.07, 6.45) is 2.96. The number of halogens is 1. The Morgan fingerprint density at radius 3 is 2.91 bits per heavy atom. The molecule has 2 atom stereocenters. The molecule has 0 saturated carbocycles. The summed E-state index contributed by atoms with van der Waals surface area (Å²) < 4.78 is 25.9. The number of likely N-dealkylation sites (tertiary alicyclic amines) is 1. The lowest BCUT2D eigenvalue weighted by Crippen LogP contribution is -2.49. The predicted molar refractivity (Wildman–Crippen MR) is 119 cm³/mol. The van der Waals surface area contributed by atoms with Crippen molar-refractivity contribution in [2.24, 2.45) is 4.99 Å². The first-order chi connectivity index (χ1) is 15.3. The summed E-state index contributed by atoms with van der Waals surface area (Å²) in [7, 11) is 0. The van der Waals surface area contributed by atoms with Crippen molar-refractivity contribution in [2.75, 3.05) is 13.1 Å². The van der Waals surface area contributed by atoms with Crippen LogP contribution in [0, 0.1) is 18.3 Å². The molecule has 8 heteroatoms. The number of piperidine rings is 1. The van der Waals surface area contributed by atoms with Crippen LogP contribution < -0.4 is 4.74 Å². The fourth-order valence-corrected chi connectivity index (χ4v) is 3.48. The molecule has 1 saturated heterocycles. The third kappa shape index (κ3) is 5.30. The molecular weight excluding hydrogens is 411 g/mol. The van der Waals surface area contributed by atoms with Crippen molar-refractivity contribution in [2.45, 2.75) is 39.5 Å². The molecular formula is C24H25FN4O3. The topological polar surface area (TPSA) is 91.7 Å². The first-order valence-corrected chi connectivity index (χ1v) is 10.2. The number of rotatable bonds is 6. The molecule has 0 bridgehead atoms. The number of amides is 1. The number of aliphatic imine (C=N–C) groups is 1. The number of hydrogen-bond donors (Lipinski definition) is 0. The number of benzene rings is 1. The van der Waals surface area contributed by atoms with Crippen LogP contribution in [0.3, 0.4) is 0 Å². The van der Waals surface area contributed by atoms with Crippen LogP contribution in [0.5, 0.6) is 5.75 Å². The van der Waals surface area contributed by atoms with E-state index < -0.39 is 18.2 Å². The number of aromatic nitrogens is 1. The average Bonchev–Trinajstić information content (AvgIpc) is 3.21. The van der Waals surface area contributed by atoms with Gasteiger partial charge in [-0.3, -0.25) is 9.79 Å². The van der Waals surface area contributed by atoms with E-state index in [9.17, 15) is 14.4 Å². The third-order valence-electron chi connectivity index (χ3n) is 5.07. The molecule has 166 valence electrons. The Labute approximate surface area is 186 Å². The molecule has 1 aromatic heterocycles. The zero-order valence-electron chi connectivity index (χ0n) is 18.3. The number of carbonyl (C=O) groups is 1. The van der Waals surface area contributed by atoms with Gasteiger partial charge in [-0.1, -0.05) is 12.6 Å². The van der Waals surface area contributed by atoms with E-state index in [-0.39, 0.29) is 24.3 Å². The number of oxazole rings is 1. The summed E-state index contributed by atoms with van der Waals surface area (Å²) in [5.41, 5.74) is 2.53. The van der Waals surface area contributed by atoms with Gasteiger partial charge in [-0.05, 0) is 43.2 Å². The van der Waals surface area contributed by atoms with E-state index in [1.54, 1.807) is 31.3 Å². The van der Waals surface area contributed by atoms with Gasteiger partial charge in [-0.2, -0.15) is 5.26 Å². The molecule has 2 heterocycles. The van der Waals surface area contributed by atoms with E-state index in [2.05, 4.69) is 22.6 Å². The zero-order valence-corrected chi connectivity index (χ0v) is 18.3. The fraction of sp³-hybridized carbons (Fsp3) is 0.333. The molecule has 0 spiro atoms. The average molecular weight is 436 g/mol. The quantitative estimate of drug-likeness (QED) is 0.491. The second-order valence-electron chi connectivity index (χ2n) is 7.48. The van der Waals surface area contributed by atoms with Gasteiger partial charge in [0.25, 0.3) is 5.91 Å². The summed E-state index contributed by atoms with van der Waals surface area (Å²) in [5.74, 6) is 0.366. The molecule has 1 amide bonds. The van der Waals surface area contributed by atoms with Gasteiger partial charge in [0.05, 0.1) is 18.3 Å². The van der Waals surface area contributed by atoms with Gasteiger partial charge in [-0.15, -0.1) is 0 Å². The SMILES string of the molecule is C=C(/C=C(C)\N=C/C)c1ccc(OC2CCN(C(=O)c3cnc(C)o3)CC2F)c(C#N)c1. The highest BCUT2D eigenvalue weighted by atomic mass is 19.1. The second-order valence-corrected chi connectivity index (χ2v) is 7.48. The minimum atomic E-state index is -1.41. The van der Waals surface area contributed by atoms with E-state index in [1.165, 1.54) is 11.1 Å². The number of allylic oxidation sites excluding steroid dienone is 3. The van der Waals surface area contributed by atoms with Gasteiger partial charge in [0.2, 0.25) is 5.76 Å². The number of carbonyl (C=O) groups excluding carboxylic acids is 1. The van der Waals surface area contributed by atoms with Gasteiger partial charge in [0.1, 0.15) is 17.9 Å². The zero-order chi connectivity index (χ0) is 23.3. The van der Waals surface area contributed by atoms with E-state index in [0.717, 1.165) is 11.3 Å². The van der Waals surface area contributed by atoms with Crippen LogP contribution in [0.1, 0.15) is 47.8 Å². The van der Waals surface area contributed by atoms with E-state index in [0.29, 0.717) is 23.8 Å². The van der Waals surface area contributed by atoms with Gasteiger partial charge in [0.15, 0.2) is 12.1 Å². The molecule has 2 unspecified atom stereocenters. The molecule has 1 aliphatic heterocycles. The van der Waals surface area contributed by atoms with Crippen molar-refractivity contribution < 1.29 is 18.3 Å². The van der Waals surface area contributed by atoms with Gasteiger partial charge in [-0.25, -0.2) is 9.37 Å².